The first-order valence-corrected chi connectivity index (χ1v) is 11.9. The fourth-order valence-electron chi connectivity index (χ4n) is 4.67. The molecule has 2 aromatic carbocycles. The Morgan fingerprint density at radius 3 is 2.62 bits per heavy atom. The van der Waals surface area contributed by atoms with Crippen molar-refractivity contribution in [1.29, 1.82) is 0 Å². The van der Waals surface area contributed by atoms with Crippen LogP contribution in [0.3, 0.4) is 0 Å². The summed E-state index contributed by atoms with van der Waals surface area (Å²) in [5.41, 5.74) is 6.90. The third-order valence-electron chi connectivity index (χ3n) is 6.55. The molecule has 1 aromatic heterocycles. The highest BCUT2D eigenvalue weighted by Gasteiger charge is 2.19. The first-order chi connectivity index (χ1) is 16.5. The van der Waals surface area contributed by atoms with Crippen molar-refractivity contribution in [2.24, 2.45) is 0 Å². The summed E-state index contributed by atoms with van der Waals surface area (Å²) in [7, 11) is 3.30. The Morgan fingerprint density at radius 1 is 1.15 bits per heavy atom. The molecule has 0 aliphatic heterocycles. The zero-order valence-corrected chi connectivity index (χ0v) is 20.5. The lowest BCUT2D eigenvalue weighted by molar-refractivity contribution is -0.116. The summed E-state index contributed by atoms with van der Waals surface area (Å²) in [6, 6.07) is 9.95. The summed E-state index contributed by atoms with van der Waals surface area (Å²) < 4.78 is 17.0. The lowest BCUT2D eigenvalue weighted by Gasteiger charge is -2.14. The van der Waals surface area contributed by atoms with E-state index in [1.54, 1.807) is 26.6 Å². The number of rotatable bonds is 8. The van der Waals surface area contributed by atoms with Gasteiger partial charge in [-0.05, 0) is 75.3 Å². The van der Waals surface area contributed by atoms with Crippen molar-refractivity contribution in [3.8, 4) is 22.6 Å². The molecule has 4 rings (SSSR count). The number of nitrogens with one attached hydrogen (secondary N) is 1. The van der Waals surface area contributed by atoms with Crippen molar-refractivity contribution < 1.29 is 18.7 Å². The third kappa shape index (κ3) is 5.04. The number of furan rings is 1. The fraction of sp³-hybridized carbons (Fsp3) is 0.345. The van der Waals surface area contributed by atoms with Gasteiger partial charge in [-0.15, -0.1) is 0 Å². The maximum atomic E-state index is 12.6. The van der Waals surface area contributed by atoms with Crippen molar-refractivity contribution in [2.45, 2.75) is 46.0 Å². The highest BCUT2D eigenvalue weighted by atomic mass is 16.5. The number of ether oxygens (including phenoxy) is 2. The van der Waals surface area contributed by atoms with Gasteiger partial charge in [0.25, 0.3) is 0 Å². The molecular weight excluding hydrogens is 426 g/mol. The van der Waals surface area contributed by atoms with E-state index in [9.17, 15) is 4.79 Å². The Hall–Kier alpha value is -3.47. The number of hydrogen-bond donors (Lipinski definition) is 1. The smallest absolute Gasteiger partial charge is 0.244 e. The van der Waals surface area contributed by atoms with Gasteiger partial charge in [-0.25, -0.2) is 0 Å². The van der Waals surface area contributed by atoms with Gasteiger partial charge in [0.05, 0.1) is 20.5 Å². The molecule has 0 saturated carbocycles. The zero-order valence-electron chi connectivity index (χ0n) is 20.5. The van der Waals surface area contributed by atoms with E-state index in [1.807, 2.05) is 38.1 Å². The third-order valence-corrected chi connectivity index (χ3v) is 6.55. The Kier molecular flexibility index (Phi) is 7.41. The predicted molar refractivity (Wildman–Crippen MR) is 137 cm³/mol. The van der Waals surface area contributed by atoms with Gasteiger partial charge in [0, 0.05) is 34.7 Å². The van der Waals surface area contributed by atoms with Crippen molar-refractivity contribution in [1.82, 2.24) is 5.32 Å². The normalized spacial score (nSPS) is 14.1. The highest BCUT2D eigenvalue weighted by molar-refractivity contribution is 6.01. The van der Waals surface area contributed by atoms with Crippen LogP contribution in [-0.4, -0.2) is 26.7 Å². The molecular formula is C29H33NO4. The molecule has 5 nitrogen and oxygen atoms in total. The first kappa shape index (κ1) is 23.7. The summed E-state index contributed by atoms with van der Waals surface area (Å²) in [5.74, 6) is 1.44. The Balaban J connectivity index is 1.60. The number of carbonyl (C=O) groups is 1. The fourth-order valence-corrected chi connectivity index (χ4v) is 4.67. The van der Waals surface area contributed by atoms with Crippen molar-refractivity contribution in [2.75, 3.05) is 20.8 Å². The number of benzene rings is 2. The van der Waals surface area contributed by atoms with Gasteiger partial charge in [-0.3, -0.25) is 4.79 Å². The number of fused-ring (bicyclic) bond motifs is 1. The van der Waals surface area contributed by atoms with Crippen LogP contribution in [-0.2, 0) is 4.79 Å². The minimum absolute atomic E-state index is 0.0868. The molecule has 178 valence electrons. The van der Waals surface area contributed by atoms with Crippen LogP contribution in [0, 0.1) is 6.92 Å². The number of aryl methyl sites for hydroxylation is 1. The lowest BCUT2D eigenvalue weighted by atomic mass is 9.96. The Bertz CT molecular complexity index is 1230. The van der Waals surface area contributed by atoms with Crippen LogP contribution in [0.25, 0.3) is 27.7 Å². The van der Waals surface area contributed by atoms with Gasteiger partial charge in [-0.2, -0.15) is 0 Å². The van der Waals surface area contributed by atoms with Crippen LogP contribution < -0.4 is 14.8 Å². The first-order valence-electron chi connectivity index (χ1n) is 11.9. The minimum atomic E-state index is -0.0868. The molecule has 1 aliphatic carbocycles. The highest BCUT2D eigenvalue weighted by Crippen LogP contribution is 2.40. The van der Waals surface area contributed by atoms with Gasteiger partial charge >= 0.3 is 0 Å². The molecule has 5 heteroatoms. The SMILES string of the molecule is COc1ccc(-c2coc3c(C)c(OC)c(/C(C)=C/C(=O)NCCC4=CCCCC4)cc23)cc1. The number of amides is 1. The van der Waals surface area contributed by atoms with Gasteiger partial charge in [-0.1, -0.05) is 23.8 Å². The molecule has 0 saturated heterocycles. The topological polar surface area (TPSA) is 60.7 Å². The Labute approximate surface area is 201 Å². The van der Waals surface area contributed by atoms with E-state index in [2.05, 4.69) is 17.5 Å². The second-order valence-electron chi connectivity index (χ2n) is 8.81. The van der Waals surface area contributed by atoms with Crippen molar-refractivity contribution >= 4 is 22.4 Å². The Morgan fingerprint density at radius 2 is 1.94 bits per heavy atom. The lowest BCUT2D eigenvalue weighted by Crippen LogP contribution is -2.23. The van der Waals surface area contributed by atoms with E-state index in [0.717, 1.165) is 69.6 Å². The van der Waals surface area contributed by atoms with Crippen LogP contribution in [0.2, 0.25) is 0 Å². The molecule has 1 heterocycles. The second-order valence-corrected chi connectivity index (χ2v) is 8.81. The average Bonchev–Trinajstić information content (AvgIpc) is 3.29. The molecule has 1 amide bonds. The standard InChI is InChI=1S/C29H33NO4/c1-19(16-27(31)30-15-14-21-8-6-5-7-9-21)24-17-25-26(22-10-12-23(32-3)13-11-22)18-34-29(25)20(2)28(24)33-4/h8,10-13,16-18H,5-7,9,14-15H2,1-4H3,(H,30,31)/b19-16+. The number of hydrogen-bond acceptors (Lipinski definition) is 4. The molecule has 0 spiro atoms. The molecule has 1 aliphatic rings. The summed E-state index contributed by atoms with van der Waals surface area (Å²) in [6.07, 6.45) is 11.5. The summed E-state index contributed by atoms with van der Waals surface area (Å²) >= 11 is 0. The maximum Gasteiger partial charge on any atom is 0.244 e. The van der Waals surface area contributed by atoms with Gasteiger partial charge in [0.15, 0.2) is 0 Å². The number of methoxy groups -OCH3 is 2. The summed E-state index contributed by atoms with van der Waals surface area (Å²) in [4.78, 5) is 12.6. The largest absolute Gasteiger partial charge is 0.497 e. The molecule has 0 fully saturated rings. The maximum absolute atomic E-state index is 12.6. The second kappa shape index (κ2) is 10.6. The van der Waals surface area contributed by atoms with E-state index in [4.69, 9.17) is 13.9 Å². The van der Waals surface area contributed by atoms with Gasteiger partial charge < -0.3 is 19.2 Å². The average molecular weight is 460 g/mol. The van der Waals surface area contributed by atoms with E-state index in [0.29, 0.717) is 6.54 Å². The summed E-state index contributed by atoms with van der Waals surface area (Å²) in [5, 5.41) is 4.02. The van der Waals surface area contributed by atoms with E-state index >= 15 is 0 Å². The molecule has 1 N–H and O–H groups in total. The predicted octanol–water partition coefficient (Wildman–Crippen LogP) is 6.84. The zero-order chi connectivity index (χ0) is 24.1. The summed E-state index contributed by atoms with van der Waals surface area (Å²) in [6.45, 7) is 4.59. The molecule has 34 heavy (non-hydrogen) atoms. The molecule has 0 unspecified atom stereocenters. The van der Waals surface area contributed by atoms with Crippen LogP contribution >= 0.6 is 0 Å². The molecule has 0 atom stereocenters. The molecule has 0 bridgehead atoms. The van der Waals surface area contributed by atoms with Crippen LogP contribution in [0.5, 0.6) is 11.5 Å². The van der Waals surface area contributed by atoms with Gasteiger partial charge in [0.1, 0.15) is 17.1 Å². The van der Waals surface area contributed by atoms with Crippen LogP contribution in [0.15, 0.2) is 58.7 Å². The van der Waals surface area contributed by atoms with Gasteiger partial charge in [0.2, 0.25) is 5.91 Å². The minimum Gasteiger partial charge on any atom is -0.497 e. The van der Waals surface area contributed by atoms with E-state index in [1.165, 1.54) is 18.4 Å². The monoisotopic (exact) mass is 459 g/mol. The molecule has 0 radical (unpaired) electrons. The van der Waals surface area contributed by atoms with Crippen LogP contribution in [0.1, 0.15) is 50.2 Å². The van der Waals surface area contributed by atoms with Crippen molar-refractivity contribution in [3.63, 3.8) is 0 Å². The number of allylic oxidation sites excluding steroid dienone is 2. The molecule has 3 aromatic rings. The number of carbonyl (C=O) groups excluding carboxylic acids is 1. The van der Waals surface area contributed by atoms with Crippen molar-refractivity contribution in [3.05, 3.63) is 65.4 Å². The van der Waals surface area contributed by atoms with Crippen LogP contribution in [0.4, 0.5) is 0 Å². The van der Waals surface area contributed by atoms with E-state index in [-0.39, 0.29) is 5.91 Å². The van der Waals surface area contributed by atoms with E-state index < -0.39 is 0 Å². The quantitative estimate of drug-likeness (QED) is 0.296.